The molecule has 28 heavy (non-hydrogen) atoms. The molecule has 0 saturated heterocycles. The Bertz CT molecular complexity index is 745. The van der Waals surface area contributed by atoms with Crippen molar-refractivity contribution in [3.8, 4) is 5.75 Å². The molecular formula is C21H27N3O4. The number of methoxy groups -OCH3 is 1. The van der Waals surface area contributed by atoms with E-state index in [9.17, 15) is 9.59 Å². The van der Waals surface area contributed by atoms with Gasteiger partial charge in [0, 0.05) is 30.6 Å². The Morgan fingerprint density at radius 3 is 2.25 bits per heavy atom. The number of rotatable bonds is 11. The fraction of sp³-hybridized carbons (Fsp3) is 0.333. The molecule has 0 fully saturated rings. The second kappa shape index (κ2) is 11.6. The molecule has 0 bridgehead atoms. The second-order valence-electron chi connectivity index (χ2n) is 6.10. The molecule has 2 amide bonds. The van der Waals surface area contributed by atoms with Gasteiger partial charge in [0.1, 0.15) is 12.4 Å². The van der Waals surface area contributed by atoms with Crippen LogP contribution in [0.15, 0.2) is 48.5 Å². The smallest absolute Gasteiger partial charge is 0.251 e. The van der Waals surface area contributed by atoms with Crippen molar-refractivity contribution in [3.05, 3.63) is 54.1 Å². The summed E-state index contributed by atoms with van der Waals surface area (Å²) in [7, 11) is 1.62. The van der Waals surface area contributed by atoms with Gasteiger partial charge in [0.25, 0.3) is 5.91 Å². The number of hydrogen-bond acceptors (Lipinski definition) is 5. The van der Waals surface area contributed by atoms with Gasteiger partial charge in [-0.3, -0.25) is 9.59 Å². The second-order valence-corrected chi connectivity index (χ2v) is 6.10. The average Bonchev–Trinajstić information content (AvgIpc) is 2.72. The molecule has 0 heterocycles. The zero-order valence-electron chi connectivity index (χ0n) is 16.3. The Kier molecular flexibility index (Phi) is 8.81. The first-order valence-electron chi connectivity index (χ1n) is 9.26. The minimum atomic E-state index is -0.169. The largest absolute Gasteiger partial charge is 0.491 e. The Morgan fingerprint density at radius 1 is 0.929 bits per heavy atom. The molecule has 3 N–H and O–H groups in total. The molecule has 0 radical (unpaired) electrons. The molecule has 150 valence electrons. The van der Waals surface area contributed by atoms with E-state index in [4.69, 9.17) is 9.47 Å². The van der Waals surface area contributed by atoms with Crippen LogP contribution in [0.5, 0.6) is 5.75 Å². The van der Waals surface area contributed by atoms with E-state index in [1.165, 1.54) is 0 Å². The molecule has 2 aromatic rings. The lowest BCUT2D eigenvalue weighted by molar-refractivity contribution is -0.114. The van der Waals surface area contributed by atoms with Gasteiger partial charge in [-0.15, -0.1) is 0 Å². The van der Waals surface area contributed by atoms with E-state index in [1.807, 2.05) is 6.92 Å². The third-order valence-electron chi connectivity index (χ3n) is 3.83. The van der Waals surface area contributed by atoms with Gasteiger partial charge >= 0.3 is 0 Å². The summed E-state index contributed by atoms with van der Waals surface area (Å²) in [6.45, 7) is 3.77. The molecule has 2 aromatic carbocycles. The normalized spacial score (nSPS) is 10.2. The highest BCUT2D eigenvalue weighted by Gasteiger charge is 2.06. The Labute approximate surface area is 165 Å². The SMILES string of the molecule is CCCNC(=O)c1ccc(NCC(=O)Nc2ccc(OCCOC)cc2)cc1. The Balaban J connectivity index is 1.76. The minimum Gasteiger partial charge on any atom is -0.491 e. The summed E-state index contributed by atoms with van der Waals surface area (Å²) in [6, 6.07) is 14.2. The van der Waals surface area contributed by atoms with Crippen molar-refractivity contribution in [2.24, 2.45) is 0 Å². The summed E-state index contributed by atoms with van der Waals surface area (Å²) in [5.41, 5.74) is 2.05. The van der Waals surface area contributed by atoms with Gasteiger partial charge < -0.3 is 25.4 Å². The molecule has 0 aromatic heterocycles. The molecule has 7 heteroatoms. The van der Waals surface area contributed by atoms with Crippen LogP contribution in [0.1, 0.15) is 23.7 Å². The Hall–Kier alpha value is -3.06. The molecule has 0 unspecified atom stereocenters. The van der Waals surface area contributed by atoms with Crippen molar-refractivity contribution < 1.29 is 19.1 Å². The van der Waals surface area contributed by atoms with Crippen LogP contribution in [0.3, 0.4) is 0 Å². The van der Waals surface area contributed by atoms with Gasteiger partial charge in [-0.2, -0.15) is 0 Å². The van der Waals surface area contributed by atoms with Crippen LogP contribution < -0.4 is 20.7 Å². The van der Waals surface area contributed by atoms with Gasteiger partial charge in [0.05, 0.1) is 13.2 Å². The number of nitrogens with one attached hydrogen (secondary N) is 3. The maximum absolute atomic E-state index is 12.1. The predicted octanol–water partition coefficient (Wildman–Crippen LogP) is 2.90. The highest BCUT2D eigenvalue weighted by atomic mass is 16.5. The molecule has 0 aliphatic rings. The third kappa shape index (κ3) is 7.28. The predicted molar refractivity (Wildman–Crippen MR) is 110 cm³/mol. The van der Waals surface area contributed by atoms with Crippen molar-refractivity contribution in [1.82, 2.24) is 5.32 Å². The summed E-state index contributed by atoms with van der Waals surface area (Å²) in [5.74, 6) is 0.454. The third-order valence-corrected chi connectivity index (χ3v) is 3.83. The van der Waals surface area contributed by atoms with Crippen LogP contribution >= 0.6 is 0 Å². The van der Waals surface area contributed by atoms with Crippen LogP contribution in [-0.4, -0.2) is 45.2 Å². The summed E-state index contributed by atoms with van der Waals surface area (Å²) < 4.78 is 10.4. The number of carbonyl (C=O) groups excluding carboxylic acids is 2. The molecular weight excluding hydrogens is 358 g/mol. The first-order chi connectivity index (χ1) is 13.6. The van der Waals surface area contributed by atoms with Crippen molar-refractivity contribution in [3.63, 3.8) is 0 Å². The average molecular weight is 385 g/mol. The van der Waals surface area contributed by atoms with Crippen LogP contribution in [-0.2, 0) is 9.53 Å². The van der Waals surface area contributed by atoms with Gasteiger partial charge in [0.2, 0.25) is 5.91 Å². The summed E-state index contributed by atoms with van der Waals surface area (Å²) in [4.78, 5) is 24.0. The van der Waals surface area contributed by atoms with E-state index in [-0.39, 0.29) is 18.4 Å². The van der Waals surface area contributed by atoms with Crippen LogP contribution in [0.4, 0.5) is 11.4 Å². The van der Waals surface area contributed by atoms with E-state index < -0.39 is 0 Å². The number of ether oxygens (including phenoxy) is 2. The molecule has 2 rings (SSSR count). The molecule has 0 aliphatic heterocycles. The highest BCUT2D eigenvalue weighted by Crippen LogP contribution is 2.16. The van der Waals surface area contributed by atoms with Crippen LogP contribution in [0.25, 0.3) is 0 Å². The number of hydrogen-bond donors (Lipinski definition) is 3. The number of amides is 2. The lowest BCUT2D eigenvalue weighted by atomic mass is 10.2. The first kappa shape index (κ1) is 21.2. The maximum Gasteiger partial charge on any atom is 0.251 e. The molecule has 0 atom stereocenters. The van der Waals surface area contributed by atoms with E-state index in [0.29, 0.717) is 31.0 Å². The van der Waals surface area contributed by atoms with Crippen LogP contribution in [0.2, 0.25) is 0 Å². The van der Waals surface area contributed by atoms with E-state index in [0.717, 1.165) is 17.9 Å². The summed E-state index contributed by atoms with van der Waals surface area (Å²) in [6.07, 6.45) is 0.893. The van der Waals surface area contributed by atoms with Crippen LogP contribution in [0, 0.1) is 0 Å². The van der Waals surface area contributed by atoms with Crippen molar-refractivity contribution in [2.75, 3.05) is 44.0 Å². The topological polar surface area (TPSA) is 88.7 Å². The minimum absolute atomic E-state index is 0.0965. The van der Waals surface area contributed by atoms with Gasteiger partial charge in [0.15, 0.2) is 0 Å². The number of carbonyl (C=O) groups is 2. The molecule has 0 aliphatic carbocycles. The van der Waals surface area contributed by atoms with Gasteiger partial charge in [-0.25, -0.2) is 0 Å². The maximum atomic E-state index is 12.1. The Morgan fingerprint density at radius 2 is 1.61 bits per heavy atom. The summed E-state index contributed by atoms with van der Waals surface area (Å²) in [5, 5.41) is 8.68. The van der Waals surface area contributed by atoms with Crippen molar-refractivity contribution in [1.29, 1.82) is 0 Å². The quantitative estimate of drug-likeness (QED) is 0.518. The highest BCUT2D eigenvalue weighted by molar-refractivity contribution is 5.95. The fourth-order valence-corrected chi connectivity index (χ4v) is 2.34. The van der Waals surface area contributed by atoms with Gasteiger partial charge in [-0.05, 0) is 55.0 Å². The molecule has 0 spiro atoms. The molecule has 0 saturated carbocycles. The van der Waals surface area contributed by atoms with E-state index in [2.05, 4.69) is 16.0 Å². The monoisotopic (exact) mass is 385 g/mol. The zero-order chi connectivity index (χ0) is 20.2. The first-order valence-corrected chi connectivity index (χ1v) is 9.26. The zero-order valence-corrected chi connectivity index (χ0v) is 16.3. The van der Waals surface area contributed by atoms with E-state index >= 15 is 0 Å². The van der Waals surface area contributed by atoms with E-state index in [1.54, 1.807) is 55.6 Å². The number of benzene rings is 2. The standard InChI is InChI=1S/C21H27N3O4/c1-3-12-22-21(26)16-4-6-17(7-5-16)23-15-20(25)24-18-8-10-19(11-9-18)28-14-13-27-2/h4-11,23H,3,12-15H2,1-2H3,(H,22,26)(H,24,25). The number of anilines is 2. The lowest BCUT2D eigenvalue weighted by Gasteiger charge is -2.10. The summed E-state index contributed by atoms with van der Waals surface area (Å²) >= 11 is 0. The lowest BCUT2D eigenvalue weighted by Crippen LogP contribution is -2.24. The van der Waals surface area contributed by atoms with Crippen molar-refractivity contribution in [2.45, 2.75) is 13.3 Å². The van der Waals surface area contributed by atoms with Crippen molar-refractivity contribution >= 4 is 23.2 Å². The fourth-order valence-electron chi connectivity index (χ4n) is 2.34. The molecule has 7 nitrogen and oxygen atoms in total. The van der Waals surface area contributed by atoms with Gasteiger partial charge in [-0.1, -0.05) is 6.92 Å².